The van der Waals surface area contributed by atoms with Crippen LogP contribution in [-0.4, -0.2) is 18.9 Å². The molecule has 3 aromatic rings. The average molecular weight is 390 g/mol. The van der Waals surface area contributed by atoms with Gasteiger partial charge < -0.3 is 14.2 Å². The molecule has 0 spiro atoms. The van der Waals surface area contributed by atoms with E-state index < -0.39 is 5.97 Å². The monoisotopic (exact) mass is 390 g/mol. The molecule has 0 N–H and O–H groups in total. The minimum Gasteiger partial charge on any atom is -0.496 e. The molecular formula is C23H15FO5. The molecule has 0 aromatic heterocycles. The first-order valence-electron chi connectivity index (χ1n) is 8.74. The molecule has 3 aromatic carbocycles. The highest BCUT2D eigenvalue weighted by atomic mass is 19.1. The van der Waals surface area contributed by atoms with Crippen LogP contribution in [0.15, 0.2) is 72.5 Å². The number of esters is 1. The molecule has 4 rings (SSSR count). The highest BCUT2D eigenvalue weighted by Crippen LogP contribution is 2.35. The normalized spacial score (nSPS) is 13.7. The lowest BCUT2D eigenvalue weighted by molar-refractivity contribution is 0.0731. The second-order valence-corrected chi connectivity index (χ2v) is 6.24. The van der Waals surface area contributed by atoms with E-state index in [0.29, 0.717) is 16.9 Å². The molecule has 1 aliphatic rings. The summed E-state index contributed by atoms with van der Waals surface area (Å²) in [5.74, 6) is -0.227. The first kappa shape index (κ1) is 18.4. The molecule has 0 unspecified atom stereocenters. The molecule has 29 heavy (non-hydrogen) atoms. The standard InChI is InChI=1S/C23H15FO5/c1-27-19-5-3-2-4-18(19)23(26)28-16-10-11-17-20(13-16)29-21(22(17)25)12-14-6-8-15(24)9-7-14/h2-13H,1H3/b21-12-. The maximum atomic E-state index is 13.0. The number of para-hydroxylation sites is 1. The Morgan fingerprint density at radius 1 is 1.03 bits per heavy atom. The maximum Gasteiger partial charge on any atom is 0.347 e. The van der Waals surface area contributed by atoms with Crippen molar-refractivity contribution in [3.05, 3.63) is 95.0 Å². The number of hydrogen-bond donors (Lipinski definition) is 0. The van der Waals surface area contributed by atoms with E-state index in [-0.39, 0.29) is 34.4 Å². The Hall–Kier alpha value is -3.93. The second kappa shape index (κ2) is 7.59. The number of rotatable bonds is 4. The Kier molecular flexibility index (Phi) is 4.83. The molecular weight excluding hydrogens is 375 g/mol. The SMILES string of the molecule is COc1ccccc1C(=O)Oc1ccc2c(c1)O/C(=C\c1ccc(F)cc1)C2=O. The number of halogens is 1. The Labute approximate surface area is 166 Å². The Balaban J connectivity index is 1.56. The fourth-order valence-electron chi connectivity index (χ4n) is 2.92. The van der Waals surface area contributed by atoms with Gasteiger partial charge in [0.15, 0.2) is 5.76 Å². The van der Waals surface area contributed by atoms with Crippen LogP contribution in [0.2, 0.25) is 0 Å². The van der Waals surface area contributed by atoms with Crippen molar-refractivity contribution in [1.82, 2.24) is 0 Å². The Morgan fingerprint density at radius 3 is 2.55 bits per heavy atom. The van der Waals surface area contributed by atoms with Crippen LogP contribution in [0.1, 0.15) is 26.3 Å². The summed E-state index contributed by atoms with van der Waals surface area (Å²) < 4.78 is 29.2. The molecule has 0 saturated heterocycles. The lowest BCUT2D eigenvalue weighted by atomic mass is 10.1. The van der Waals surface area contributed by atoms with Crippen LogP contribution in [0.3, 0.4) is 0 Å². The van der Waals surface area contributed by atoms with Crippen molar-refractivity contribution in [3.63, 3.8) is 0 Å². The van der Waals surface area contributed by atoms with Crippen molar-refractivity contribution < 1.29 is 28.2 Å². The molecule has 0 atom stereocenters. The summed E-state index contributed by atoms with van der Waals surface area (Å²) in [4.78, 5) is 25.0. The molecule has 0 fully saturated rings. The summed E-state index contributed by atoms with van der Waals surface area (Å²) in [6.45, 7) is 0. The summed E-state index contributed by atoms with van der Waals surface area (Å²) >= 11 is 0. The quantitative estimate of drug-likeness (QED) is 0.368. The van der Waals surface area contributed by atoms with Crippen molar-refractivity contribution in [2.75, 3.05) is 7.11 Å². The van der Waals surface area contributed by atoms with E-state index in [1.165, 1.54) is 43.5 Å². The fraction of sp³-hybridized carbons (Fsp3) is 0.0435. The minimum absolute atomic E-state index is 0.111. The van der Waals surface area contributed by atoms with Crippen LogP contribution in [0.25, 0.3) is 6.08 Å². The van der Waals surface area contributed by atoms with Gasteiger partial charge in [-0.3, -0.25) is 4.79 Å². The number of carbonyl (C=O) groups excluding carboxylic acids is 2. The van der Waals surface area contributed by atoms with Gasteiger partial charge in [0.25, 0.3) is 0 Å². The van der Waals surface area contributed by atoms with Gasteiger partial charge in [-0.15, -0.1) is 0 Å². The van der Waals surface area contributed by atoms with Crippen LogP contribution in [-0.2, 0) is 0 Å². The van der Waals surface area contributed by atoms with Crippen molar-refractivity contribution in [1.29, 1.82) is 0 Å². The van der Waals surface area contributed by atoms with E-state index in [1.54, 1.807) is 36.4 Å². The van der Waals surface area contributed by atoms with E-state index in [4.69, 9.17) is 14.2 Å². The molecule has 5 nitrogen and oxygen atoms in total. The fourth-order valence-corrected chi connectivity index (χ4v) is 2.92. The van der Waals surface area contributed by atoms with E-state index in [2.05, 4.69) is 0 Å². The smallest absolute Gasteiger partial charge is 0.347 e. The van der Waals surface area contributed by atoms with E-state index in [9.17, 15) is 14.0 Å². The number of ketones is 1. The van der Waals surface area contributed by atoms with E-state index in [0.717, 1.165) is 0 Å². The van der Waals surface area contributed by atoms with Gasteiger partial charge in [-0.2, -0.15) is 0 Å². The van der Waals surface area contributed by atoms with Gasteiger partial charge in [-0.25, -0.2) is 9.18 Å². The largest absolute Gasteiger partial charge is 0.496 e. The molecule has 0 bridgehead atoms. The number of hydrogen-bond acceptors (Lipinski definition) is 5. The zero-order valence-corrected chi connectivity index (χ0v) is 15.3. The van der Waals surface area contributed by atoms with Crippen molar-refractivity contribution >= 4 is 17.8 Å². The van der Waals surface area contributed by atoms with Crippen LogP contribution in [0.5, 0.6) is 17.2 Å². The summed E-state index contributed by atoms with van der Waals surface area (Å²) in [7, 11) is 1.47. The van der Waals surface area contributed by atoms with E-state index >= 15 is 0 Å². The molecule has 1 heterocycles. The highest BCUT2D eigenvalue weighted by Gasteiger charge is 2.28. The first-order chi connectivity index (χ1) is 14.0. The van der Waals surface area contributed by atoms with Gasteiger partial charge >= 0.3 is 5.97 Å². The number of fused-ring (bicyclic) bond motifs is 1. The first-order valence-corrected chi connectivity index (χ1v) is 8.74. The van der Waals surface area contributed by atoms with Gasteiger partial charge in [0.05, 0.1) is 12.7 Å². The van der Waals surface area contributed by atoms with Crippen LogP contribution >= 0.6 is 0 Å². The zero-order valence-electron chi connectivity index (χ0n) is 15.3. The topological polar surface area (TPSA) is 61.8 Å². The van der Waals surface area contributed by atoms with Crippen molar-refractivity contribution in [2.45, 2.75) is 0 Å². The number of benzene rings is 3. The highest BCUT2D eigenvalue weighted by molar-refractivity contribution is 6.14. The molecule has 0 amide bonds. The number of ether oxygens (including phenoxy) is 3. The second-order valence-electron chi connectivity index (χ2n) is 6.24. The Morgan fingerprint density at radius 2 is 1.79 bits per heavy atom. The third-order valence-corrected chi connectivity index (χ3v) is 4.35. The predicted molar refractivity (Wildman–Crippen MR) is 104 cm³/mol. The van der Waals surface area contributed by atoms with Crippen LogP contribution in [0.4, 0.5) is 4.39 Å². The lowest BCUT2D eigenvalue weighted by Crippen LogP contribution is -2.10. The summed E-state index contributed by atoms with van der Waals surface area (Å²) in [6.07, 6.45) is 1.53. The van der Waals surface area contributed by atoms with Gasteiger partial charge in [0.2, 0.25) is 5.78 Å². The van der Waals surface area contributed by atoms with Crippen molar-refractivity contribution in [3.8, 4) is 17.2 Å². The maximum absolute atomic E-state index is 13.0. The summed E-state index contributed by atoms with van der Waals surface area (Å²) in [6, 6.07) is 16.9. The molecule has 1 aliphatic heterocycles. The van der Waals surface area contributed by atoms with Crippen LogP contribution < -0.4 is 14.2 Å². The Bertz CT molecular complexity index is 1130. The minimum atomic E-state index is -0.589. The molecule has 0 radical (unpaired) electrons. The van der Waals surface area contributed by atoms with Crippen molar-refractivity contribution in [2.24, 2.45) is 0 Å². The van der Waals surface area contributed by atoms with E-state index in [1.807, 2.05) is 0 Å². The molecule has 144 valence electrons. The number of Topliss-reactive ketones (excluding diaryl/α,β-unsaturated/α-hetero) is 1. The van der Waals surface area contributed by atoms with Gasteiger partial charge in [0, 0.05) is 6.07 Å². The molecule has 0 saturated carbocycles. The average Bonchev–Trinajstić information content (AvgIpc) is 3.04. The molecule has 6 heteroatoms. The van der Waals surface area contributed by atoms with Gasteiger partial charge in [-0.05, 0) is 48.0 Å². The lowest BCUT2D eigenvalue weighted by Gasteiger charge is -2.08. The third kappa shape index (κ3) is 3.73. The summed E-state index contributed by atoms with van der Waals surface area (Å²) in [5, 5.41) is 0. The third-order valence-electron chi connectivity index (χ3n) is 4.35. The van der Waals surface area contributed by atoms with Crippen LogP contribution in [0, 0.1) is 5.82 Å². The van der Waals surface area contributed by atoms with Gasteiger partial charge in [0.1, 0.15) is 28.6 Å². The number of methoxy groups -OCH3 is 1. The number of allylic oxidation sites excluding steroid dienone is 1. The number of carbonyl (C=O) groups is 2. The molecule has 0 aliphatic carbocycles. The predicted octanol–water partition coefficient (Wildman–Crippen LogP) is 4.67. The zero-order chi connectivity index (χ0) is 20.4. The van der Waals surface area contributed by atoms with Gasteiger partial charge in [-0.1, -0.05) is 24.3 Å². The summed E-state index contributed by atoms with van der Waals surface area (Å²) in [5.41, 5.74) is 1.27.